The van der Waals surface area contributed by atoms with E-state index in [2.05, 4.69) is 15.2 Å². The number of carbonyl (C=O) groups excluding carboxylic acids is 2. The highest BCUT2D eigenvalue weighted by atomic mass is 16.2. The van der Waals surface area contributed by atoms with Crippen LogP contribution in [-0.2, 0) is 4.79 Å². The van der Waals surface area contributed by atoms with E-state index < -0.39 is 0 Å². The number of benzene rings is 1. The van der Waals surface area contributed by atoms with E-state index >= 15 is 0 Å². The zero-order valence-electron chi connectivity index (χ0n) is 17.5. The van der Waals surface area contributed by atoms with Crippen molar-refractivity contribution in [3.8, 4) is 0 Å². The molecule has 4 rings (SSSR count). The van der Waals surface area contributed by atoms with Gasteiger partial charge in [0.1, 0.15) is 0 Å². The summed E-state index contributed by atoms with van der Waals surface area (Å²) in [5.74, 6) is 0.154. The topological polar surface area (TPSA) is 65.5 Å². The van der Waals surface area contributed by atoms with Crippen LogP contribution in [0.15, 0.2) is 42.6 Å². The van der Waals surface area contributed by atoms with Crippen LogP contribution in [-0.4, -0.2) is 41.3 Å². The van der Waals surface area contributed by atoms with Crippen molar-refractivity contribution < 1.29 is 9.59 Å². The number of aromatic nitrogens is 1. The van der Waals surface area contributed by atoms with E-state index in [4.69, 9.17) is 0 Å². The van der Waals surface area contributed by atoms with Gasteiger partial charge in [0, 0.05) is 12.6 Å². The second-order valence-corrected chi connectivity index (χ2v) is 8.14. The first-order chi connectivity index (χ1) is 14.7. The number of nitrogens with zero attached hydrogens (tertiary/aromatic N) is 3. The molecule has 2 amide bonds. The Hall–Kier alpha value is -2.73. The van der Waals surface area contributed by atoms with Gasteiger partial charge in [-0.3, -0.25) is 14.5 Å². The quantitative estimate of drug-likeness (QED) is 0.703. The molecule has 1 saturated heterocycles. The number of fused-ring (bicyclic) bond motifs is 2. The molecule has 2 aliphatic heterocycles. The molecule has 0 aliphatic carbocycles. The molecule has 158 valence electrons. The lowest BCUT2D eigenvalue weighted by molar-refractivity contribution is -0.118. The molecular weight excluding hydrogens is 376 g/mol. The molecule has 2 aromatic rings. The summed E-state index contributed by atoms with van der Waals surface area (Å²) in [5.41, 5.74) is 1.73. The predicted octanol–water partition coefficient (Wildman–Crippen LogP) is 4.75. The van der Waals surface area contributed by atoms with Crippen molar-refractivity contribution in [2.75, 3.05) is 29.9 Å². The van der Waals surface area contributed by atoms with Gasteiger partial charge in [0.05, 0.1) is 16.9 Å². The number of para-hydroxylation sites is 2. The van der Waals surface area contributed by atoms with Gasteiger partial charge in [-0.15, -0.1) is 0 Å². The lowest BCUT2D eigenvalue weighted by Gasteiger charge is -2.23. The maximum atomic E-state index is 13.2. The standard InChI is InChI=1S/C24H30N4O2/c29-22(14-4-3-9-18-27-16-7-1-2-8-17-27)28-21-13-6-5-12-20(21)26-24(30)19-11-10-15-25-23(19)28/h5-6,10-13,15H,1-4,7-9,14,16-18H2,(H,26,30). The minimum absolute atomic E-state index is 0.0197. The third-order valence-corrected chi connectivity index (χ3v) is 5.95. The summed E-state index contributed by atoms with van der Waals surface area (Å²) >= 11 is 0. The van der Waals surface area contributed by atoms with Crippen LogP contribution in [0.1, 0.15) is 61.7 Å². The van der Waals surface area contributed by atoms with Gasteiger partial charge in [0.2, 0.25) is 5.91 Å². The Balaban J connectivity index is 1.40. The Morgan fingerprint density at radius 3 is 2.60 bits per heavy atom. The van der Waals surface area contributed by atoms with Crippen LogP contribution in [0.5, 0.6) is 0 Å². The summed E-state index contributed by atoms with van der Waals surface area (Å²) < 4.78 is 0. The molecule has 0 bridgehead atoms. The monoisotopic (exact) mass is 406 g/mol. The fraction of sp³-hybridized carbons (Fsp3) is 0.458. The predicted molar refractivity (Wildman–Crippen MR) is 119 cm³/mol. The number of hydrogen-bond acceptors (Lipinski definition) is 4. The van der Waals surface area contributed by atoms with Gasteiger partial charge in [0.15, 0.2) is 5.82 Å². The average Bonchev–Trinajstić information content (AvgIpc) is 3.09. The molecule has 6 nitrogen and oxygen atoms in total. The van der Waals surface area contributed by atoms with E-state index in [1.54, 1.807) is 23.2 Å². The minimum Gasteiger partial charge on any atom is -0.320 e. The minimum atomic E-state index is -0.238. The van der Waals surface area contributed by atoms with Crippen molar-refractivity contribution in [1.82, 2.24) is 9.88 Å². The largest absolute Gasteiger partial charge is 0.320 e. The van der Waals surface area contributed by atoms with Gasteiger partial charge in [-0.05, 0) is 69.6 Å². The fourth-order valence-corrected chi connectivity index (χ4v) is 4.34. The second-order valence-electron chi connectivity index (χ2n) is 8.14. The van der Waals surface area contributed by atoms with Crippen molar-refractivity contribution in [3.63, 3.8) is 0 Å². The van der Waals surface area contributed by atoms with Gasteiger partial charge in [0.25, 0.3) is 5.91 Å². The molecule has 1 N–H and O–H groups in total. The van der Waals surface area contributed by atoms with Gasteiger partial charge in [-0.1, -0.05) is 31.4 Å². The molecule has 2 aliphatic rings. The van der Waals surface area contributed by atoms with Crippen LogP contribution in [0.25, 0.3) is 0 Å². The Labute approximate surface area is 178 Å². The molecule has 1 fully saturated rings. The molecule has 1 aromatic heterocycles. The van der Waals surface area contributed by atoms with Gasteiger partial charge in [-0.2, -0.15) is 0 Å². The number of anilines is 3. The zero-order chi connectivity index (χ0) is 20.8. The maximum Gasteiger partial charge on any atom is 0.259 e. The lowest BCUT2D eigenvalue weighted by Crippen LogP contribution is -2.27. The molecule has 3 heterocycles. The Morgan fingerprint density at radius 2 is 1.77 bits per heavy atom. The molecule has 6 heteroatoms. The molecular formula is C24H30N4O2. The van der Waals surface area contributed by atoms with Gasteiger partial charge in [-0.25, -0.2) is 4.98 Å². The summed E-state index contributed by atoms with van der Waals surface area (Å²) in [4.78, 5) is 34.4. The highest BCUT2D eigenvalue weighted by Crippen LogP contribution is 2.37. The van der Waals surface area contributed by atoms with Crippen molar-refractivity contribution in [1.29, 1.82) is 0 Å². The van der Waals surface area contributed by atoms with E-state index in [9.17, 15) is 9.59 Å². The molecule has 0 radical (unpaired) electrons. The number of carbonyl (C=O) groups is 2. The van der Waals surface area contributed by atoms with Crippen LogP contribution in [0.4, 0.5) is 17.2 Å². The smallest absolute Gasteiger partial charge is 0.259 e. The zero-order valence-corrected chi connectivity index (χ0v) is 17.5. The summed E-state index contributed by atoms with van der Waals surface area (Å²) in [6.07, 6.45) is 10.4. The molecule has 0 unspecified atom stereocenters. The average molecular weight is 407 g/mol. The highest BCUT2D eigenvalue weighted by molar-refractivity contribution is 6.16. The summed E-state index contributed by atoms with van der Waals surface area (Å²) in [6.45, 7) is 3.56. The van der Waals surface area contributed by atoms with Crippen molar-refractivity contribution in [3.05, 3.63) is 48.2 Å². The van der Waals surface area contributed by atoms with Crippen molar-refractivity contribution in [2.24, 2.45) is 0 Å². The van der Waals surface area contributed by atoms with Crippen LogP contribution < -0.4 is 10.2 Å². The fourth-order valence-electron chi connectivity index (χ4n) is 4.34. The number of amides is 2. The number of hydrogen-bond donors (Lipinski definition) is 1. The third-order valence-electron chi connectivity index (χ3n) is 5.95. The molecule has 1 aromatic carbocycles. The summed E-state index contributed by atoms with van der Waals surface area (Å²) in [6, 6.07) is 10.8. The molecule has 0 saturated carbocycles. The van der Waals surface area contributed by atoms with Crippen LogP contribution in [0, 0.1) is 0 Å². The van der Waals surface area contributed by atoms with E-state index in [-0.39, 0.29) is 11.8 Å². The molecule has 30 heavy (non-hydrogen) atoms. The van der Waals surface area contributed by atoms with Crippen LogP contribution in [0.2, 0.25) is 0 Å². The number of nitrogens with one attached hydrogen (secondary N) is 1. The Kier molecular flexibility index (Phi) is 6.74. The second kappa shape index (κ2) is 9.85. The van der Waals surface area contributed by atoms with E-state index in [0.29, 0.717) is 29.2 Å². The Morgan fingerprint density at radius 1 is 0.967 bits per heavy atom. The maximum absolute atomic E-state index is 13.2. The lowest BCUT2D eigenvalue weighted by atomic mass is 10.1. The SMILES string of the molecule is O=C1Nc2ccccc2N(C(=O)CCCCCN2CCCCCC2)c2ncccc21. The van der Waals surface area contributed by atoms with E-state index in [1.165, 1.54) is 38.8 Å². The van der Waals surface area contributed by atoms with E-state index in [0.717, 1.165) is 25.8 Å². The highest BCUT2D eigenvalue weighted by Gasteiger charge is 2.29. The summed E-state index contributed by atoms with van der Waals surface area (Å²) in [5, 5.41) is 2.90. The molecule has 0 spiro atoms. The van der Waals surface area contributed by atoms with Gasteiger partial charge >= 0.3 is 0 Å². The number of unbranched alkanes of at least 4 members (excludes halogenated alkanes) is 2. The number of pyridine rings is 1. The third kappa shape index (κ3) is 4.70. The summed E-state index contributed by atoms with van der Waals surface area (Å²) in [7, 11) is 0. The Bertz CT molecular complexity index is 890. The number of rotatable bonds is 6. The van der Waals surface area contributed by atoms with Crippen molar-refractivity contribution >= 4 is 29.0 Å². The normalized spacial score (nSPS) is 16.8. The number of likely N-dealkylation sites (tertiary alicyclic amines) is 1. The van der Waals surface area contributed by atoms with Crippen LogP contribution in [0.3, 0.4) is 0 Å². The first-order valence-electron chi connectivity index (χ1n) is 11.1. The van der Waals surface area contributed by atoms with E-state index in [1.807, 2.05) is 24.3 Å². The van der Waals surface area contributed by atoms with Crippen LogP contribution >= 0.6 is 0 Å². The first-order valence-corrected chi connectivity index (χ1v) is 11.1. The molecule has 0 atom stereocenters. The first kappa shape index (κ1) is 20.5. The van der Waals surface area contributed by atoms with Crippen molar-refractivity contribution in [2.45, 2.75) is 51.4 Å². The van der Waals surface area contributed by atoms with Gasteiger partial charge < -0.3 is 10.2 Å².